The predicted octanol–water partition coefficient (Wildman–Crippen LogP) is 3.35. The van der Waals surface area contributed by atoms with Gasteiger partial charge in [0.1, 0.15) is 11.3 Å². The van der Waals surface area contributed by atoms with Crippen LogP contribution in [0.5, 0.6) is 5.75 Å². The topological polar surface area (TPSA) is 52.6 Å². The van der Waals surface area contributed by atoms with Gasteiger partial charge in [-0.1, -0.05) is 38.7 Å². The molecule has 0 amide bonds. The average Bonchev–Trinajstić information content (AvgIpc) is 2.70. The minimum absolute atomic E-state index is 0.265. The summed E-state index contributed by atoms with van der Waals surface area (Å²) in [5.41, 5.74) is 0.564. The molecule has 0 atom stereocenters. The second-order valence-electron chi connectivity index (χ2n) is 4.62. The van der Waals surface area contributed by atoms with Gasteiger partial charge >= 0.3 is 11.9 Å². The number of hydrogen-bond acceptors (Lipinski definition) is 4. The second-order valence-corrected chi connectivity index (χ2v) is 4.62. The highest BCUT2D eigenvalue weighted by Crippen LogP contribution is 2.29. The first-order valence-electron chi connectivity index (χ1n) is 6.76. The molecule has 0 aliphatic carbocycles. The number of fused-ring (bicyclic) bond motifs is 1. The van der Waals surface area contributed by atoms with E-state index in [-0.39, 0.29) is 5.56 Å². The summed E-state index contributed by atoms with van der Waals surface area (Å²) >= 11 is 0. The van der Waals surface area contributed by atoms with E-state index in [0.717, 1.165) is 12.8 Å². The van der Waals surface area contributed by atoms with Gasteiger partial charge in [0.15, 0.2) is 0 Å². The second kappa shape index (κ2) is 6.36. The number of ether oxygens (including phenoxy) is 2. The van der Waals surface area contributed by atoms with Crippen molar-refractivity contribution in [3.8, 4) is 5.75 Å². The maximum Gasteiger partial charge on any atom is 0.350 e. The minimum atomic E-state index is -0.610. The van der Waals surface area contributed by atoms with Gasteiger partial charge in [-0.25, -0.2) is 9.59 Å². The summed E-state index contributed by atoms with van der Waals surface area (Å²) in [6.45, 7) is 2.73. The van der Waals surface area contributed by atoms with Gasteiger partial charge in [-0.15, -0.1) is 0 Å². The van der Waals surface area contributed by atoms with Crippen molar-refractivity contribution >= 4 is 11.9 Å². The van der Waals surface area contributed by atoms with Crippen LogP contribution in [0.4, 0.5) is 0 Å². The third kappa shape index (κ3) is 3.13. The van der Waals surface area contributed by atoms with E-state index in [0.29, 0.717) is 17.9 Å². The number of carbonyl (C=O) groups is 2. The van der Waals surface area contributed by atoms with Gasteiger partial charge in [-0.05, 0) is 18.6 Å². The fourth-order valence-corrected chi connectivity index (χ4v) is 2.11. The van der Waals surface area contributed by atoms with E-state index in [2.05, 4.69) is 11.7 Å². The van der Waals surface area contributed by atoms with Crippen LogP contribution in [0.15, 0.2) is 18.2 Å². The zero-order valence-corrected chi connectivity index (χ0v) is 11.1. The van der Waals surface area contributed by atoms with Gasteiger partial charge < -0.3 is 9.47 Å². The van der Waals surface area contributed by atoms with Crippen molar-refractivity contribution in [3.05, 3.63) is 29.3 Å². The summed E-state index contributed by atoms with van der Waals surface area (Å²) in [6.07, 6.45) is 5.72. The van der Waals surface area contributed by atoms with E-state index in [4.69, 9.17) is 4.74 Å². The Hall–Kier alpha value is -1.84. The molecule has 4 nitrogen and oxygen atoms in total. The maximum absolute atomic E-state index is 11.5. The highest BCUT2D eigenvalue weighted by Gasteiger charge is 2.32. The molecule has 0 fully saturated rings. The lowest BCUT2D eigenvalue weighted by molar-refractivity contribution is 0.0442. The van der Waals surface area contributed by atoms with E-state index in [1.807, 2.05) is 0 Å². The number of carbonyl (C=O) groups excluding carboxylic acids is 2. The van der Waals surface area contributed by atoms with Gasteiger partial charge in [0.05, 0.1) is 12.2 Å². The van der Waals surface area contributed by atoms with E-state index >= 15 is 0 Å². The van der Waals surface area contributed by atoms with Crippen molar-refractivity contribution in [2.24, 2.45) is 0 Å². The van der Waals surface area contributed by atoms with Crippen LogP contribution in [0.1, 0.15) is 59.7 Å². The Balaban J connectivity index is 1.92. The molecule has 0 bridgehead atoms. The molecule has 0 saturated carbocycles. The quantitative estimate of drug-likeness (QED) is 0.429. The fourth-order valence-electron chi connectivity index (χ4n) is 2.11. The molecular formula is C15H18O4. The zero-order chi connectivity index (χ0) is 13.7. The lowest BCUT2D eigenvalue weighted by Crippen LogP contribution is -2.03. The van der Waals surface area contributed by atoms with Crippen molar-refractivity contribution in [2.75, 3.05) is 6.61 Å². The fraction of sp³-hybridized carbons (Fsp3) is 0.467. The third-order valence-corrected chi connectivity index (χ3v) is 3.14. The van der Waals surface area contributed by atoms with Crippen LogP contribution in [0, 0.1) is 0 Å². The van der Waals surface area contributed by atoms with E-state index in [1.165, 1.54) is 19.3 Å². The third-order valence-electron chi connectivity index (χ3n) is 3.14. The molecule has 4 heteroatoms. The van der Waals surface area contributed by atoms with Gasteiger partial charge in [-0.3, -0.25) is 0 Å². The highest BCUT2D eigenvalue weighted by molar-refractivity contribution is 6.16. The SMILES string of the molecule is CCCCCCCOc1cccc2c1C(=O)OC2=O. The van der Waals surface area contributed by atoms with Crippen molar-refractivity contribution in [3.63, 3.8) is 0 Å². The molecule has 1 aliphatic rings. The Morgan fingerprint density at radius 2 is 1.84 bits per heavy atom. The molecule has 0 saturated heterocycles. The molecule has 0 radical (unpaired) electrons. The van der Waals surface area contributed by atoms with Crippen LogP contribution in [-0.4, -0.2) is 18.5 Å². The van der Waals surface area contributed by atoms with Crippen molar-refractivity contribution in [1.82, 2.24) is 0 Å². The standard InChI is InChI=1S/C15H18O4/c1-2-3-4-5-6-10-18-12-9-7-8-11-13(12)15(17)19-14(11)16/h7-9H,2-6,10H2,1H3. The number of rotatable bonds is 7. The molecule has 0 spiro atoms. The first-order chi connectivity index (χ1) is 9.24. The first kappa shape index (κ1) is 13.6. The van der Waals surface area contributed by atoms with Crippen molar-refractivity contribution in [1.29, 1.82) is 0 Å². The Labute approximate surface area is 112 Å². The summed E-state index contributed by atoms with van der Waals surface area (Å²) < 4.78 is 10.2. The molecule has 1 aliphatic heterocycles. The van der Waals surface area contributed by atoms with Gasteiger partial charge in [0, 0.05) is 0 Å². The predicted molar refractivity (Wildman–Crippen MR) is 70.4 cm³/mol. The van der Waals surface area contributed by atoms with Crippen LogP contribution in [0.25, 0.3) is 0 Å². The Kier molecular flexibility index (Phi) is 4.55. The summed E-state index contributed by atoms with van der Waals surface area (Å²) in [5.74, 6) is -0.751. The van der Waals surface area contributed by atoms with Gasteiger partial charge in [-0.2, -0.15) is 0 Å². The lowest BCUT2D eigenvalue weighted by atomic mass is 10.1. The summed E-state index contributed by atoms with van der Waals surface area (Å²) in [7, 11) is 0. The molecule has 0 aromatic heterocycles. The molecule has 1 aromatic rings. The number of benzene rings is 1. The van der Waals surface area contributed by atoms with E-state index in [9.17, 15) is 9.59 Å². The molecule has 0 unspecified atom stereocenters. The smallest absolute Gasteiger partial charge is 0.350 e. The van der Waals surface area contributed by atoms with Crippen LogP contribution in [0.2, 0.25) is 0 Å². The highest BCUT2D eigenvalue weighted by atomic mass is 16.6. The number of hydrogen-bond donors (Lipinski definition) is 0. The molecule has 1 heterocycles. The Bertz CT molecular complexity index is 479. The lowest BCUT2D eigenvalue weighted by Gasteiger charge is -2.08. The summed E-state index contributed by atoms with van der Waals surface area (Å²) in [6, 6.07) is 4.98. The van der Waals surface area contributed by atoms with Crippen LogP contribution >= 0.6 is 0 Å². The van der Waals surface area contributed by atoms with Crippen molar-refractivity contribution < 1.29 is 19.1 Å². The Morgan fingerprint density at radius 1 is 1.05 bits per heavy atom. The maximum atomic E-state index is 11.5. The molecule has 102 valence electrons. The van der Waals surface area contributed by atoms with Crippen molar-refractivity contribution in [2.45, 2.75) is 39.0 Å². The van der Waals surface area contributed by atoms with E-state index in [1.54, 1.807) is 18.2 Å². The van der Waals surface area contributed by atoms with Crippen LogP contribution in [-0.2, 0) is 4.74 Å². The molecule has 0 N–H and O–H groups in total. The van der Waals surface area contributed by atoms with Gasteiger partial charge in [0.2, 0.25) is 0 Å². The first-order valence-corrected chi connectivity index (χ1v) is 6.76. The zero-order valence-electron chi connectivity index (χ0n) is 11.1. The van der Waals surface area contributed by atoms with E-state index < -0.39 is 11.9 Å². The molecule has 1 aromatic carbocycles. The summed E-state index contributed by atoms with van der Waals surface area (Å²) in [5, 5.41) is 0. The summed E-state index contributed by atoms with van der Waals surface area (Å²) in [4.78, 5) is 22.9. The number of esters is 2. The van der Waals surface area contributed by atoms with Gasteiger partial charge in [0.25, 0.3) is 0 Å². The molecular weight excluding hydrogens is 244 g/mol. The average molecular weight is 262 g/mol. The molecule has 2 rings (SSSR count). The van der Waals surface area contributed by atoms with Crippen LogP contribution < -0.4 is 4.74 Å². The number of unbranched alkanes of at least 4 members (excludes halogenated alkanes) is 4. The Morgan fingerprint density at radius 3 is 2.63 bits per heavy atom. The number of cyclic esters (lactones) is 2. The minimum Gasteiger partial charge on any atom is -0.493 e. The normalized spacial score (nSPS) is 13.3. The van der Waals surface area contributed by atoms with Crippen LogP contribution in [0.3, 0.4) is 0 Å². The molecule has 19 heavy (non-hydrogen) atoms. The monoisotopic (exact) mass is 262 g/mol. The largest absolute Gasteiger partial charge is 0.493 e.